The van der Waals surface area contributed by atoms with Crippen molar-refractivity contribution < 1.29 is 0 Å². The zero-order chi connectivity index (χ0) is 12.7. The molecule has 0 aromatic heterocycles. The van der Waals surface area contributed by atoms with E-state index in [1.54, 1.807) is 16.7 Å². The summed E-state index contributed by atoms with van der Waals surface area (Å²) in [6.07, 6.45) is 5.12. The molecule has 0 fully saturated rings. The van der Waals surface area contributed by atoms with Crippen molar-refractivity contribution in [2.24, 2.45) is 0 Å². The lowest BCUT2D eigenvalue weighted by molar-refractivity contribution is 0.686. The van der Waals surface area contributed by atoms with E-state index in [2.05, 4.69) is 43.7 Å². The molecule has 2 heteroatoms. The van der Waals surface area contributed by atoms with E-state index >= 15 is 0 Å². The van der Waals surface area contributed by atoms with Crippen LogP contribution in [-0.4, -0.2) is 0 Å². The van der Waals surface area contributed by atoms with E-state index in [4.69, 9.17) is 0 Å². The fourth-order valence-corrected chi connectivity index (χ4v) is 4.03. The molecule has 0 amide bonds. The van der Waals surface area contributed by atoms with E-state index in [-0.39, 0.29) is 0 Å². The standard InChI is InChI=1S/C16H19NS/c1-11-8-12(2)16(13(3)9-11)17-10-18-15-7-5-4-6-14(15)17/h8-9H,4-7H2,1-3H3. The van der Waals surface area contributed by atoms with E-state index in [0.717, 1.165) is 0 Å². The summed E-state index contributed by atoms with van der Waals surface area (Å²) in [5.41, 5.74) is 6.92. The highest BCUT2D eigenvalue weighted by Crippen LogP contribution is 2.47. The number of anilines is 1. The van der Waals surface area contributed by atoms with Crippen molar-refractivity contribution in [2.75, 3.05) is 4.90 Å². The van der Waals surface area contributed by atoms with Gasteiger partial charge in [-0.1, -0.05) is 29.5 Å². The number of allylic oxidation sites excluding steroid dienone is 2. The lowest BCUT2D eigenvalue weighted by atomic mass is 10.00. The van der Waals surface area contributed by atoms with Crippen molar-refractivity contribution >= 4 is 17.4 Å². The maximum absolute atomic E-state index is 3.49. The van der Waals surface area contributed by atoms with E-state index in [9.17, 15) is 0 Å². The topological polar surface area (TPSA) is 3.24 Å². The van der Waals surface area contributed by atoms with E-state index in [1.165, 1.54) is 53.8 Å². The SMILES string of the molecule is Cc1cc(C)c(N2[C]SC3=C2CCCC3)c(C)c1. The molecule has 1 nitrogen and oxygen atoms in total. The Morgan fingerprint density at radius 2 is 1.72 bits per heavy atom. The van der Waals surface area contributed by atoms with Gasteiger partial charge in [0.15, 0.2) is 5.88 Å². The van der Waals surface area contributed by atoms with E-state index in [1.807, 2.05) is 0 Å². The van der Waals surface area contributed by atoms with Gasteiger partial charge in [0, 0.05) is 16.3 Å². The van der Waals surface area contributed by atoms with Crippen molar-refractivity contribution in [1.82, 2.24) is 0 Å². The van der Waals surface area contributed by atoms with Gasteiger partial charge in [-0.25, -0.2) is 0 Å². The van der Waals surface area contributed by atoms with Crippen molar-refractivity contribution in [2.45, 2.75) is 46.5 Å². The Bertz CT molecular complexity index is 493. The van der Waals surface area contributed by atoms with Crippen LogP contribution >= 0.6 is 11.8 Å². The zero-order valence-corrected chi connectivity index (χ0v) is 12.2. The summed E-state index contributed by atoms with van der Waals surface area (Å²) in [6.45, 7) is 6.59. The Labute approximate surface area is 114 Å². The monoisotopic (exact) mass is 257 g/mol. The molecule has 0 unspecified atom stereocenters. The average molecular weight is 257 g/mol. The van der Waals surface area contributed by atoms with Gasteiger partial charge in [-0.05, 0) is 57.6 Å². The average Bonchev–Trinajstić information content (AvgIpc) is 2.72. The maximum atomic E-state index is 3.49. The highest BCUT2D eigenvalue weighted by Gasteiger charge is 2.29. The van der Waals surface area contributed by atoms with Gasteiger partial charge in [-0.3, -0.25) is 0 Å². The van der Waals surface area contributed by atoms with Crippen molar-refractivity contribution in [3.05, 3.63) is 45.3 Å². The van der Waals surface area contributed by atoms with Crippen LogP contribution in [0.3, 0.4) is 0 Å². The summed E-state index contributed by atoms with van der Waals surface area (Å²) in [5, 5.41) is 0. The van der Waals surface area contributed by atoms with Crippen LogP contribution in [0.15, 0.2) is 22.7 Å². The van der Waals surface area contributed by atoms with Crippen molar-refractivity contribution in [3.63, 3.8) is 0 Å². The minimum Gasteiger partial charge on any atom is -0.322 e. The van der Waals surface area contributed by atoms with Gasteiger partial charge >= 0.3 is 0 Å². The molecule has 3 rings (SSSR count). The van der Waals surface area contributed by atoms with Crippen LogP contribution in [0.4, 0.5) is 5.69 Å². The van der Waals surface area contributed by atoms with Gasteiger partial charge in [0.1, 0.15) is 0 Å². The predicted octanol–water partition coefficient (Wildman–Crippen LogP) is 4.95. The second-order valence-electron chi connectivity index (χ2n) is 5.35. The number of thioether (sulfide) groups is 1. The Hall–Kier alpha value is -0.890. The molecule has 1 aliphatic heterocycles. The highest BCUT2D eigenvalue weighted by atomic mass is 32.2. The molecular weight excluding hydrogens is 238 g/mol. The van der Waals surface area contributed by atoms with Gasteiger partial charge in [0.2, 0.25) is 0 Å². The number of hydrogen-bond acceptors (Lipinski definition) is 2. The molecule has 0 atom stereocenters. The summed E-state index contributed by atoms with van der Waals surface area (Å²) in [5.74, 6) is 3.49. The lowest BCUT2D eigenvalue weighted by Crippen LogP contribution is -2.18. The third-order valence-electron chi connectivity index (χ3n) is 3.78. The molecule has 0 saturated carbocycles. The maximum Gasteiger partial charge on any atom is 0.169 e. The minimum absolute atomic E-state index is 1.21. The molecule has 1 aromatic carbocycles. The van der Waals surface area contributed by atoms with Gasteiger partial charge in [0.25, 0.3) is 0 Å². The molecule has 1 heterocycles. The second-order valence-corrected chi connectivity index (χ2v) is 6.23. The first-order chi connectivity index (χ1) is 8.66. The summed E-state index contributed by atoms with van der Waals surface area (Å²) in [4.78, 5) is 3.86. The first-order valence-corrected chi connectivity index (χ1v) is 7.51. The number of hydrogen-bond donors (Lipinski definition) is 0. The summed E-state index contributed by atoms with van der Waals surface area (Å²) in [7, 11) is 0. The number of rotatable bonds is 1. The van der Waals surface area contributed by atoms with E-state index < -0.39 is 0 Å². The van der Waals surface area contributed by atoms with Gasteiger partial charge in [-0.15, -0.1) is 0 Å². The fourth-order valence-electron chi connectivity index (χ4n) is 3.07. The van der Waals surface area contributed by atoms with Crippen LogP contribution in [0.1, 0.15) is 42.4 Å². The Morgan fingerprint density at radius 3 is 2.44 bits per heavy atom. The van der Waals surface area contributed by atoms with E-state index in [0.29, 0.717) is 0 Å². The summed E-state index contributed by atoms with van der Waals surface area (Å²) < 4.78 is 0. The number of aryl methyl sites for hydroxylation is 3. The quantitative estimate of drug-likeness (QED) is 0.700. The molecule has 0 spiro atoms. The first kappa shape index (κ1) is 12.2. The zero-order valence-electron chi connectivity index (χ0n) is 11.3. The van der Waals surface area contributed by atoms with Gasteiger partial charge < -0.3 is 4.90 Å². The van der Waals surface area contributed by atoms with Crippen LogP contribution in [-0.2, 0) is 0 Å². The largest absolute Gasteiger partial charge is 0.322 e. The number of nitrogens with zero attached hydrogens (tertiary/aromatic N) is 1. The Kier molecular flexibility index (Phi) is 3.14. The van der Waals surface area contributed by atoms with Crippen molar-refractivity contribution in [3.8, 4) is 0 Å². The molecule has 1 aromatic rings. The first-order valence-electron chi connectivity index (χ1n) is 6.69. The summed E-state index contributed by atoms with van der Waals surface area (Å²) in [6, 6.07) is 4.55. The minimum atomic E-state index is 1.21. The molecule has 0 saturated heterocycles. The lowest BCUT2D eigenvalue weighted by Gasteiger charge is -2.26. The third-order valence-corrected chi connectivity index (χ3v) is 4.74. The third kappa shape index (κ3) is 1.97. The number of benzene rings is 1. The molecule has 2 radical (unpaired) electrons. The van der Waals surface area contributed by atoms with Gasteiger partial charge in [0.05, 0.1) is 0 Å². The van der Waals surface area contributed by atoms with Crippen LogP contribution in [0, 0.1) is 26.6 Å². The summed E-state index contributed by atoms with van der Waals surface area (Å²) >= 11 is 1.81. The molecule has 0 bridgehead atoms. The van der Waals surface area contributed by atoms with Crippen LogP contribution in [0.5, 0.6) is 0 Å². The smallest absolute Gasteiger partial charge is 0.169 e. The normalized spacial score (nSPS) is 19.4. The van der Waals surface area contributed by atoms with Gasteiger partial charge in [-0.2, -0.15) is 0 Å². The second kappa shape index (κ2) is 4.65. The molecule has 1 aliphatic carbocycles. The van der Waals surface area contributed by atoms with Crippen LogP contribution in [0.2, 0.25) is 0 Å². The molecule has 0 N–H and O–H groups in total. The van der Waals surface area contributed by atoms with Crippen molar-refractivity contribution in [1.29, 1.82) is 0 Å². The van der Waals surface area contributed by atoms with Crippen LogP contribution < -0.4 is 4.90 Å². The molecule has 2 aliphatic rings. The predicted molar refractivity (Wildman–Crippen MR) is 79.5 cm³/mol. The Morgan fingerprint density at radius 1 is 1.06 bits per heavy atom. The Balaban J connectivity index is 2.04. The highest BCUT2D eigenvalue weighted by molar-refractivity contribution is 8.05. The molecule has 18 heavy (non-hydrogen) atoms. The molecular formula is C16H19NS. The van der Waals surface area contributed by atoms with Crippen LogP contribution in [0.25, 0.3) is 0 Å². The fraction of sp³-hybridized carbons (Fsp3) is 0.438. The molecule has 94 valence electrons.